The number of carboxylic acid groups (broad SMARTS) is 1. The topological polar surface area (TPSA) is 86.7 Å². The third-order valence-electron chi connectivity index (χ3n) is 4.43. The Morgan fingerprint density at radius 1 is 1.27 bits per heavy atom. The Bertz CT molecular complexity index is 768. The highest BCUT2D eigenvalue weighted by atomic mass is 32.2. The standard InChI is InChI=1S/C16H15F3N2O4S/c17-16(18,19)10-7-21(6-9(10)15(24)25)14(23)8-1-2-12-11(5-8)20-13(22)3-4-26-12/h1-2,5,9-10H,3-4,6-7H2,(H,20,22)(H,24,25)/t9-,10-/m1/s1. The minimum Gasteiger partial charge on any atom is -0.481 e. The fourth-order valence-corrected chi connectivity index (χ4v) is 4.02. The lowest BCUT2D eigenvalue weighted by Gasteiger charge is -2.19. The molecule has 1 fully saturated rings. The van der Waals surface area contributed by atoms with Crippen LogP contribution in [0.3, 0.4) is 0 Å². The van der Waals surface area contributed by atoms with Gasteiger partial charge in [-0.3, -0.25) is 14.4 Å². The van der Waals surface area contributed by atoms with E-state index in [1.54, 1.807) is 6.07 Å². The lowest BCUT2D eigenvalue weighted by Crippen LogP contribution is -2.34. The summed E-state index contributed by atoms with van der Waals surface area (Å²) in [5, 5.41) is 11.7. The van der Waals surface area contributed by atoms with Crippen molar-refractivity contribution in [2.24, 2.45) is 11.8 Å². The Morgan fingerprint density at radius 2 is 2.00 bits per heavy atom. The molecule has 3 rings (SSSR count). The summed E-state index contributed by atoms with van der Waals surface area (Å²) >= 11 is 1.44. The van der Waals surface area contributed by atoms with Crippen LogP contribution in [0.2, 0.25) is 0 Å². The van der Waals surface area contributed by atoms with Gasteiger partial charge in [-0.05, 0) is 18.2 Å². The first-order chi connectivity index (χ1) is 12.2. The van der Waals surface area contributed by atoms with E-state index in [-0.39, 0.29) is 11.5 Å². The summed E-state index contributed by atoms with van der Waals surface area (Å²) in [7, 11) is 0. The Hall–Kier alpha value is -2.23. The Morgan fingerprint density at radius 3 is 2.62 bits per heavy atom. The van der Waals surface area contributed by atoms with Crippen molar-refractivity contribution in [2.75, 3.05) is 24.2 Å². The third-order valence-corrected chi connectivity index (χ3v) is 5.51. The zero-order valence-electron chi connectivity index (χ0n) is 13.4. The average Bonchev–Trinajstić information content (AvgIpc) is 2.93. The molecule has 2 aliphatic rings. The molecule has 2 heterocycles. The highest BCUT2D eigenvalue weighted by Crippen LogP contribution is 2.38. The molecule has 26 heavy (non-hydrogen) atoms. The van der Waals surface area contributed by atoms with Crippen LogP contribution in [0, 0.1) is 11.8 Å². The molecule has 1 saturated heterocycles. The van der Waals surface area contributed by atoms with E-state index in [2.05, 4.69) is 5.32 Å². The monoisotopic (exact) mass is 388 g/mol. The van der Waals surface area contributed by atoms with Crippen molar-refractivity contribution in [1.29, 1.82) is 0 Å². The molecule has 10 heteroatoms. The number of aliphatic carboxylic acids is 1. The van der Waals surface area contributed by atoms with E-state index in [1.807, 2.05) is 0 Å². The van der Waals surface area contributed by atoms with E-state index < -0.39 is 43.0 Å². The summed E-state index contributed by atoms with van der Waals surface area (Å²) in [6.07, 6.45) is -4.38. The number of carbonyl (C=O) groups excluding carboxylic acids is 2. The first-order valence-electron chi connectivity index (χ1n) is 7.82. The van der Waals surface area contributed by atoms with Crippen LogP contribution in [0.5, 0.6) is 0 Å². The van der Waals surface area contributed by atoms with Crippen molar-refractivity contribution in [3.8, 4) is 0 Å². The van der Waals surface area contributed by atoms with E-state index >= 15 is 0 Å². The smallest absolute Gasteiger partial charge is 0.394 e. The molecule has 1 aromatic carbocycles. The van der Waals surface area contributed by atoms with Gasteiger partial charge in [-0.25, -0.2) is 0 Å². The Labute approximate surface area is 150 Å². The van der Waals surface area contributed by atoms with Gasteiger partial charge in [0.15, 0.2) is 0 Å². The molecule has 0 saturated carbocycles. The number of amides is 2. The van der Waals surface area contributed by atoms with Crippen molar-refractivity contribution in [1.82, 2.24) is 4.90 Å². The SMILES string of the molecule is O=C1CCSc2ccc(C(=O)N3C[C@@H](C(F)(F)F)[C@H](C(=O)O)C3)cc2N1. The molecule has 0 unspecified atom stereocenters. The van der Waals surface area contributed by atoms with Crippen molar-refractivity contribution in [2.45, 2.75) is 17.5 Å². The molecular formula is C16H15F3N2O4S. The number of halogens is 3. The van der Waals surface area contributed by atoms with Gasteiger partial charge in [-0.2, -0.15) is 13.2 Å². The first kappa shape index (κ1) is 18.6. The summed E-state index contributed by atoms with van der Waals surface area (Å²) in [4.78, 5) is 37.0. The lowest BCUT2D eigenvalue weighted by atomic mass is 9.96. The van der Waals surface area contributed by atoms with Crippen LogP contribution >= 0.6 is 11.8 Å². The molecular weight excluding hydrogens is 373 g/mol. The largest absolute Gasteiger partial charge is 0.481 e. The second-order valence-corrected chi connectivity index (χ2v) is 7.30. The van der Waals surface area contributed by atoms with Crippen LogP contribution in [0.4, 0.5) is 18.9 Å². The fraction of sp³-hybridized carbons (Fsp3) is 0.438. The normalized spacial score (nSPS) is 23.2. The zero-order chi connectivity index (χ0) is 19.1. The number of nitrogens with zero attached hydrogens (tertiary/aromatic N) is 1. The first-order valence-corrected chi connectivity index (χ1v) is 8.81. The number of likely N-dealkylation sites (tertiary alicyclic amines) is 1. The molecule has 2 amide bonds. The third kappa shape index (κ3) is 3.64. The molecule has 0 bridgehead atoms. The Balaban J connectivity index is 1.84. The zero-order valence-corrected chi connectivity index (χ0v) is 14.2. The predicted molar refractivity (Wildman–Crippen MR) is 87.0 cm³/mol. The van der Waals surface area contributed by atoms with Gasteiger partial charge in [-0.15, -0.1) is 11.8 Å². The number of rotatable bonds is 2. The van der Waals surface area contributed by atoms with Crippen LogP contribution in [0.1, 0.15) is 16.8 Å². The summed E-state index contributed by atoms with van der Waals surface area (Å²) in [5.74, 6) is -5.66. The molecule has 140 valence electrons. The van der Waals surface area contributed by atoms with Crippen LogP contribution < -0.4 is 5.32 Å². The molecule has 2 aliphatic heterocycles. The number of carbonyl (C=O) groups is 3. The summed E-state index contributed by atoms with van der Waals surface area (Å²) < 4.78 is 39.2. The van der Waals surface area contributed by atoms with Gasteiger partial charge in [-0.1, -0.05) is 0 Å². The number of alkyl halides is 3. The van der Waals surface area contributed by atoms with E-state index in [4.69, 9.17) is 5.11 Å². The van der Waals surface area contributed by atoms with Crippen LogP contribution in [0.25, 0.3) is 0 Å². The molecule has 0 aromatic heterocycles. The Kier molecular flexibility index (Phi) is 4.87. The van der Waals surface area contributed by atoms with E-state index in [9.17, 15) is 27.6 Å². The predicted octanol–water partition coefficient (Wildman–Crippen LogP) is 2.46. The van der Waals surface area contributed by atoms with Crippen molar-refractivity contribution < 1.29 is 32.7 Å². The second kappa shape index (κ2) is 6.82. The second-order valence-electron chi connectivity index (χ2n) is 6.16. The van der Waals surface area contributed by atoms with Crippen molar-refractivity contribution in [3.05, 3.63) is 23.8 Å². The highest BCUT2D eigenvalue weighted by Gasteiger charge is 2.53. The number of hydrogen-bond donors (Lipinski definition) is 2. The van der Waals surface area contributed by atoms with Crippen LogP contribution in [-0.4, -0.2) is 52.8 Å². The van der Waals surface area contributed by atoms with E-state index in [0.717, 1.165) is 9.80 Å². The number of hydrogen-bond acceptors (Lipinski definition) is 4. The van der Waals surface area contributed by atoms with E-state index in [0.29, 0.717) is 17.9 Å². The molecule has 0 spiro atoms. The molecule has 1 aromatic rings. The van der Waals surface area contributed by atoms with Gasteiger partial charge in [0.25, 0.3) is 5.91 Å². The maximum atomic E-state index is 13.1. The maximum Gasteiger partial charge on any atom is 0.394 e. The maximum absolute atomic E-state index is 13.1. The number of fused-ring (bicyclic) bond motifs is 1. The van der Waals surface area contributed by atoms with Crippen molar-refractivity contribution >= 4 is 35.2 Å². The summed E-state index contributed by atoms with van der Waals surface area (Å²) in [5.41, 5.74) is 0.545. The van der Waals surface area contributed by atoms with Gasteiger partial charge in [0.1, 0.15) is 0 Å². The fourth-order valence-electron chi connectivity index (χ4n) is 3.09. The lowest BCUT2D eigenvalue weighted by molar-refractivity contribution is -0.187. The quantitative estimate of drug-likeness (QED) is 0.813. The minimum atomic E-state index is -4.70. The van der Waals surface area contributed by atoms with Crippen LogP contribution in [-0.2, 0) is 9.59 Å². The number of benzene rings is 1. The number of carboxylic acids is 1. The van der Waals surface area contributed by atoms with Gasteiger partial charge >= 0.3 is 12.1 Å². The number of thioether (sulfide) groups is 1. The number of anilines is 1. The molecule has 2 atom stereocenters. The molecule has 0 radical (unpaired) electrons. The summed E-state index contributed by atoms with van der Waals surface area (Å²) in [6.45, 7) is -1.20. The van der Waals surface area contributed by atoms with Gasteiger partial charge in [0, 0.05) is 35.7 Å². The van der Waals surface area contributed by atoms with Gasteiger partial charge in [0.05, 0.1) is 17.5 Å². The van der Waals surface area contributed by atoms with Crippen molar-refractivity contribution in [3.63, 3.8) is 0 Å². The van der Waals surface area contributed by atoms with Gasteiger partial charge < -0.3 is 15.3 Å². The van der Waals surface area contributed by atoms with Crippen LogP contribution in [0.15, 0.2) is 23.1 Å². The average molecular weight is 388 g/mol. The number of nitrogens with one attached hydrogen (secondary N) is 1. The van der Waals surface area contributed by atoms with Gasteiger partial charge in [0.2, 0.25) is 5.91 Å². The minimum absolute atomic E-state index is 0.110. The molecule has 2 N–H and O–H groups in total. The molecule has 0 aliphatic carbocycles. The summed E-state index contributed by atoms with van der Waals surface area (Å²) in [6, 6.07) is 4.53. The highest BCUT2D eigenvalue weighted by molar-refractivity contribution is 7.99. The van der Waals surface area contributed by atoms with E-state index in [1.165, 1.54) is 23.9 Å². The molecule has 6 nitrogen and oxygen atoms in total.